The van der Waals surface area contributed by atoms with E-state index >= 15 is 0 Å². The Morgan fingerprint density at radius 1 is 1.58 bits per heavy atom. The first-order chi connectivity index (χ1) is 8.88. The Bertz CT molecular complexity index is 484. The van der Waals surface area contributed by atoms with Gasteiger partial charge in [0.1, 0.15) is 15.7 Å². The zero-order chi connectivity index (χ0) is 14.3. The van der Waals surface area contributed by atoms with Crippen LogP contribution in [0.5, 0.6) is 0 Å². The molecule has 1 heterocycles. The number of amides is 1. The third-order valence-electron chi connectivity index (χ3n) is 2.58. The lowest BCUT2D eigenvalue weighted by atomic mass is 10.2. The highest BCUT2D eigenvalue weighted by atomic mass is 32.2. The number of carbonyl (C=O) groups is 1. The Balaban J connectivity index is 2.16. The van der Waals surface area contributed by atoms with Crippen molar-refractivity contribution in [3.05, 3.63) is 18.2 Å². The molecule has 4 N–H and O–H groups in total. The molecule has 1 unspecified atom stereocenters. The molecule has 0 saturated heterocycles. The number of imidazole rings is 1. The van der Waals surface area contributed by atoms with Gasteiger partial charge in [0.05, 0.1) is 11.8 Å². The fraction of sp³-hybridized carbons (Fsp3) is 0.636. The molecule has 1 atom stereocenters. The second-order valence-electron chi connectivity index (χ2n) is 4.46. The molecule has 0 radical (unpaired) electrons. The lowest BCUT2D eigenvalue weighted by Gasteiger charge is -2.11. The van der Waals surface area contributed by atoms with Crippen molar-refractivity contribution < 1.29 is 13.2 Å². The summed E-state index contributed by atoms with van der Waals surface area (Å²) in [5.74, 6) is 0.479. The molecule has 0 saturated carbocycles. The first kappa shape index (κ1) is 15.6. The number of aromatic nitrogens is 2. The van der Waals surface area contributed by atoms with Gasteiger partial charge in [-0.15, -0.1) is 0 Å². The number of nitrogens with zero attached hydrogens (tertiary/aromatic N) is 1. The van der Waals surface area contributed by atoms with Crippen molar-refractivity contribution in [1.29, 1.82) is 0 Å². The van der Waals surface area contributed by atoms with Crippen molar-refractivity contribution in [2.24, 2.45) is 5.73 Å². The van der Waals surface area contributed by atoms with Crippen LogP contribution in [0.2, 0.25) is 0 Å². The molecule has 0 aliphatic rings. The number of sulfone groups is 1. The van der Waals surface area contributed by atoms with E-state index in [4.69, 9.17) is 5.73 Å². The molecule has 19 heavy (non-hydrogen) atoms. The number of nitrogens with two attached hydrogens (primary N) is 1. The van der Waals surface area contributed by atoms with Crippen molar-refractivity contribution in [3.63, 3.8) is 0 Å². The summed E-state index contributed by atoms with van der Waals surface area (Å²) < 4.78 is 21.9. The van der Waals surface area contributed by atoms with Gasteiger partial charge in [-0.05, 0) is 12.8 Å². The van der Waals surface area contributed by atoms with Crippen LogP contribution in [0.15, 0.2) is 12.4 Å². The van der Waals surface area contributed by atoms with Gasteiger partial charge in [0.25, 0.3) is 0 Å². The molecule has 1 aromatic heterocycles. The monoisotopic (exact) mass is 288 g/mol. The van der Waals surface area contributed by atoms with Crippen LogP contribution >= 0.6 is 0 Å². The first-order valence-corrected chi connectivity index (χ1v) is 8.14. The van der Waals surface area contributed by atoms with Gasteiger partial charge < -0.3 is 16.0 Å². The standard InChI is InChI=1S/C11H20N4O3S/c1-19(17,18)8-4-9(12)11(16)15-5-2-3-10-13-6-7-14-10/h6-7,9H,2-5,8,12H2,1H3,(H,13,14)(H,15,16). The van der Waals surface area contributed by atoms with Crippen LogP contribution in [-0.2, 0) is 21.1 Å². The average Bonchev–Trinajstić information content (AvgIpc) is 2.83. The zero-order valence-electron chi connectivity index (χ0n) is 10.9. The van der Waals surface area contributed by atoms with E-state index in [0.717, 1.165) is 24.9 Å². The quantitative estimate of drug-likeness (QED) is 0.542. The van der Waals surface area contributed by atoms with E-state index in [9.17, 15) is 13.2 Å². The molecule has 0 fully saturated rings. The Labute approximate surface area is 112 Å². The van der Waals surface area contributed by atoms with E-state index in [1.54, 1.807) is 12.4 Å². The summed E-state index contributed by atoms with van der Waals surface area (Å²) in [6.07, 6.45) is 6.18. The van der Waals surface area contributed by atoms with Crippen molar-refractivity contribution in [2.45, 2.75) is 25.3 Å². The number of nitrogens with one attached hydrogen (secondary N) is 2. The summed E-state index contributed by atoms with van der Waals surface area (Å²) in [4.78, 5) is 18.6. The molecule has 0 bridgehead atoms. The highest BCUT2D eigenvalue weighted by Gasteiger charge is 2.15. The molecule has 0 spiro atoms. The van der Waals surface area contributed by atoms with Crippen LogP contribution in [-0.4, -0.2) is 48.9 Å². The number of hydrogen-bond donors (Lipinski definition) is 3. The van der Waals surface area contributed by atoms with Crippen LogP contribution in [0, 0.1) is 0 Å². The van der Waals surface area contributed by atoms with Crippen LogP contribution in [0.1, 0.15) is 18.7 Å². The van der Waals surface area contributed by atoms with Gasteiger partial charge in [-0.25, -0.2) is 13.4 Å². The highest BCUT2D eigenvalue weighted by molar-refractivity contribution is 7.90. The number of hydrogen-bond acceptors (Lipinski definition) is 5. The molecule has 108 valence electrons. The fourth-order valence-corrected chi connectivity index (χ4v) is 2.19. The predicted octanol–water partition coefficient (Wildman–Crippen LogP) is -0.779. The average molecular weight is 288 g/mol. The summed E-state index contributed by atoms with van der Waals surface area (Å²) >= 11 is 0. The third-order valence-corrected chi connectivity index (χ3v) is 3.56. The van der Waals surface area contributed by atoms with E-state index in [-0.39, 0.29) is 18.1 Å². The second kappa shape index (κ2) is 7.25. The van der Waals surface area contributed by atoms with E-state index in [1.165, 1.54) is 0 Å². The largest absolute Gasteiger partial charge is 0.355 e. The van der Waals surface area contributed by atoms with Gasteiger partial charge in [-0.1, -0.05) is 0 Å². The molecular formula is C11H20N4O3S. The second-order valence-corrected chi connectivity index (χ2v) is 6.72. The van der Waals surface area contributed by atoms with Crippen molar-refractivity contribution in [2.75, 3.05) is 18.6 Å². The normalized spacial score (nSPS) is 13.2. The zero-order valence-corrected chi connectivity index (χ0v) is 11.7. The number of aryl methyl sites for hydroxylation is 1. The third kappa shape index (κ3) is 6.92. The molecule has 7 nitrogen and oxygen atoms in total. The summed E-state index contributed by atoms with van der Waals surface area (Å²) in [5, 5.41) is 2.68. The minimum Gasteiger partial charge on any atom is -0.355 e. The van der Waals surface area contributed by atoms with E-state index < -0.39 is 15.9 Å². The minimum absolute atomic E-state index is 0.0754. The Morgan fingerprint density at radius 3 is 2.89 bits per heavy atom. The molecule has 0 aliphatic heterocycles. The van der Waals surface area contributed by atoms with E-state index in [0.29, 0.717) is 6.54 Å². The summed E-state index contributed by atoms with van der Waals surface area (Å²) in [6.45, 7) is 0.492. The highest BCUT2D eigenvalue weighted by Crippen LogP contribution is 1.96. The number of rotatable bonds is 8. The molecule has 1 rings (SSSR count). The van der Waals surface area contributed by atoms with Crippen LogP contribution in [0.3, 0.4) is 0 Å². The maximum absolute atomic E-state index is 11.6. The van der Waals surface area contributed by atoms with Gasteiger partial charge in [0.15, 0.2) is 0 Å². The smallest absolute Gasteiger partial charge is 0.236 e. The molecule has 8 heteroatoms. The SMILES string of the molecule is CS(=O)(=O)CCC(N)C(=O)NCCCc1ncc[nH]1. The van der Waals surface area contributed by atoms with Crippen LogP contribution < -0.4 is 11.1 Å². The minimum atomic E-state index is -3.08. The van der Waals surface area contributed by atoms with E-state index in [2.05, 4.69) is 15.3 Å². The molecule has 1 amide bonds. The molecular weight excluding hydrogens is 268 g/mol. The predicted molar refractivity (Wildman–Crippen MR) is 72.2 cm³/mol. The summed E-state index contributed by atoms with van der Waals surface area (Å²) in [5.41, 5.74) is 5.61. The maximum atomic E-state index is 11.6. The van der Waals surface area contributed by atoms with Gasteiger partial charge in [0, 0.05) is 31.6 Å². The number of carbonyl (C=O) groups excluding carboxylic acids is 1. The van der Waals surface area contributed by atoms with Gasteiger partial charge in [-0.2, -0.15) is 0 Å². The van der Waals surface area contributed by atoms with Gasteiger partial charge in [0.2, 0.25) is 5.91 Å². The van der Waals surface area contributed by atoms with Crippen molar-refractivity contribution in [1.82, 2.24) is 15.3 Å². The molecule has 1 aromatic rings. The number of H-pyrrole nitrogens is 1. The van der Waals surface area contributed by atoms with Crippen LogP contribution in [0.4, 0.5) is 0 Å². The van der Waals surface area contributed by atoms with E-state index in [1.807, 2.05) is 0 Å². The lowest BCUT2D eigenvalue weighted by molar-refractivity contribution is -0.122. The molecule has 0 aliphatic carbocycles. The van der Waals surface area contributed by atoms with Crippen molar-refractivity contribution in [3.8, 4) is 0 Å². The Kier molecular flexibility index (Phi) is 5.97. The first-order valence-electron chi connectivity index (χ1n) is 6.08. The van der Waals surface area contributed by atoms with Crippen LogP contribution in [0.25, 0.3) is 0 Å². The van der Waals surface area contributed by atoms with Gasteiger partial charge >= 0.3 is 0 Å². The topological polar surface area (TPSA) is 118 Å². The van der Waals surface area contributed by atoms with Crippen molar-refractivity contribution >= 4 is 15.7 Å². The van der Waals surface area contributed by atoms with Gasteiger partial charge in [-0.3, -0.25) is 4.79 Å². The number of aromatic amines is 1. The summed E-state index contributed by atoms with van der Waals surface area (Å²) in [6, 6.07) is -0.779. The Morgan fingerprint density at radius 2 is 2.32 bits per heavy atom. The maximum Gasteiger partial charge on any atom is 0.236 e. The fourth-order valence-electron chi connectivity index (χ4n) is 1.51. The summed E-state index contributed by atoms with van der Waals surface area (Å²) in [7, 11) is -3.08. The Hall–Kier alpha value is -1.41. The lowest BCUT2D eigenvalue weighted by Crippen LogP contribution is -2.42. The molecule has 0 aromatic carbocycles.